The number of hydrogen-bond donors (Lipinski definition) is 2. The van der Waals surface area contributed by atoms with Crippen LogP contribution in [0.4, 0.5) is 0 Å². The van der Waals surface area contributed by atoms with Crippen molar-refractivity contribution < 1.29 is 14.7 Å². The molecule has 0 radical (unpaired) electrons. The number of carboxylic acid groups (broad SMARTS) is 1. The third-order valence-electron chi connectivity index (χ3n) is 3.45. The number of rotatable bonds is 6. The molecule has 122 valence electrons. The second-order valence-electron chi connectivity index (χ2n) is 5.89. The highest BCUT2D eigenvalue weighted by Gasteiger charge is 2.19. The summed E-state index contributed by atoms with van der Waals surface area (Å²) in [5, 5.41) is 10.0. The number of aromatic amines is 1. The maximum Gasteiger partial charge on any atom is 0.305 e. The molecule has 0 aliphatic carbocycles. The molecule has 2 rings (SSSR count). The van der Waals surface area contributed by atoms with E-state index in [9.17, 15) is 14.4 Å². The Bertz CT molecular complexity index is 780. The van der Waals surface area contributed by atoms with Gasteiger partial charge in [-0.3, -0.25) is 14.4 Å². The number of H-pyrrole nitrogens is 1. The summed E-state index contributed by atoms with van der Waals surface area (Å²) in [6.07, 6.45) is -0.129. The molecule has 1 amide bonds. The van der Waals surface area contributed by atoms with Crippen LogP contribution in [0.5, 0.6) is 0 Å². The van der Waals surface area contributed by atoms with Crippen LogP contribution in [0.2, 0.25) is 0 Å². The zero-order valence-electron chi connectivity index (χ0n) is 13.2. The average Bonchev–Trinajstić information content (AvgIpc) is 2.50. The first-order valence-electron chi connectivity index (χ1n) is 7.51. The molecule has 0 fully saturated rings. The van der Waals surface area contributed by atoms with E-state index in [2.05, 4.69) is 4.98 Å². The standard InChI is InChI=1S/C17H20N2O4/c1-11(2)10-19(8-7-15(20)21)17(23)14-9-12-5-3-4-6-13(12)16(22)18-14/h3-6,9,11H,7-8,10H2,1-2H3,(H,18,22)(H,20,21). The summed E-state index contributed by atoms with van der Waals surface area (Å²) < 4.78 is 0. The van der Waals surface area contributed by atoms with E-state index in [-0.39, 0.29) is 36.0 Å². The van der Waals surface area contributed by atoms with Crippen molar-refractivity contribution in [3.05, 3.63) is 46.4 Å². The molecule has 0 unspecified atom stereocenters. The molecular formula is C17H20N2O4. The predicted molar refractivity (Wildman–Crippen MR) is 87.6 cm³/mol. The number of carboxylic acids is 1. The van der Waals surface area contributed by atoms with Gasteiger partial charge in [0.1, 0.15) is 5.69 Å². The molecule has 2 aromatic rings. The number of aromatic nitrogens is 1. The van der Waals surface area contributed by atoms with Crippen LogP contribution in [0.1, 0.15) is 30.8 Å². The summed E-state index contributed by atoms with van der Waals surface area (Å²) in [6.45, 7) is 4.44. The minimum atomic E-state index is -0.960. The number of nitrogens with one attached hydrogen (secondary N) is 1. The first-order valence-corrected chi connectivity index (χ1v) is 7.51. The fraction of sp³-hybridized carbons (Fsp3) is 0.353. The van der Waals surface area contributed by atoms with Gasteiger partial charge in [0, 0.05) is 18.5 Å². The van der Waals surface area contributed by atoms with Crippen LogP contribution in [0, 0.1) is 5.92 Å². The number of pyridine rings is 1. The Labute approximate surface area is 133 Å². The van der Waals surface area contributed by atoms with E-state index in [0.29, 0.717) is 17.3 Å². The summed E-state index contributed by atoms with van der Waals surface area (Å²) in [4.78, 5) is 39.6. The van der Waals surface area contributed by atoms with Crippen LogP contribution in [0.25, 0.3) is 10.8 Å². The van der Waals surface area contributed by atoms with Gasteiger partial charge < -0.3 is 15.0 Å². The molecule has 1 aromatic carbocycles. The van der Waals surface area contributed by atoms with Gasteiger partial charge >= 0.3 is 5.97 Å². The number of fused-ring (bicyclic) bond motifs is 1. The second kappa shape index (κ2) is 7.09. The highest BCUT2D eigenvalue weighted by atomic mass is 16.4. The molecule has 0 atom stereocenters. The lowest BCUT2D eigenvalue weighted by atomic mass is 10.1. The minimum absolute atomic E-state index is 0.112. The topological polar surface area (TPSA) is 90.5 Å². The normalized spacial score (nSPS) is 10.9. The van der Waals surface area contributed by atoms with E-state index in [1.54, 1.807) is 30.3 Å². The molecule has 1 heterocycles. The Kier molecular flexibility index (Phi) is 5.16. The van der Waals surface area contributed by atoms with Crippen molar-refractivity contribution in [3.63, 3.8) is 0 Å². The van der Waals surface area contributed by atoms with Crippen molar-refractivity contribution in [1.82, 2.24) is 9.88 Å². The number of carbonyl (C=O) groups excluding carboxylic acids is 1. The van der Waals surface area contributed by atoms with Gasteiger partial charge in [-0.25, -0.2) is 0 Å². The van der Waals surface area contributed by atoms with Crippen LogP contribution >= 0.6 is 0 Å². The fourth-order valence-electron chi connectivity index (χ4n) is 2.44. The average molecular weight is 316 g/mol. The molecule has 1 aromatic heterocycles. The van der Waals surface area contributed by atoms with Gasteiger partial charge in [-0.15, -0.1) is 0 Å². The molecule has 6 nitrogen and oxygen atoms in total. The van der Waals surface area contributed by atoms with Crippen molar-refractivity contribution >= 4 is 22.6 Å². The minimum Gasteiger partial charge on any atom is -0.481 e. The molecule has 0 saturated carbocycles. The molecule has 6 heteroatoms. The smallest absolute Gasteiger partial charge is 0.305 e. The van der Waals surface area contributed by atoms with Crippen molar-refractivity contribution in [2.24, 2.45) is 5.92 Å². The highest BCUT2D eigenvalue weighted by molar-refractivity contribution is 5.96. The number of aliphatic carboxylic acids is 1. The second-order valence-corrected chi connectivity index (χ2v) is 5.89. The summed E-state index contributed by atoms with van der Waals surface area (Å²) in [7, 11) is 0. The lowest BCUT2D eigenvalue weighted by Crippen LogP contribution is -2.37. The molecule has 0 saturated heterocycles. The van der Waals surface area contributed by atoms with E-state index in [0.717, 1.165) is 0 Å². The summed E-state index contributed by atoms with van der Waals surface area (Å²) >= 11 is 0. The summed E-state index contributed by atoms with van der Waals surface area (Å²) in [5.41, 5.74) is -0.145. The van der Waals surface area contributed by atoms with E-state index in [4.69, 9.17) is 5.11 Å². The van der Waals surface area contributed by atoms with Gasteiger partial charge in [-0.2, -0.15) is 0 Å². The maximum absolute atomic E-state index is 12.7. The van der Waals surface area contributed by atoms with Gasteiger partial charge in [-0.1, -0.05) is 32.0 Å². The number of carbonyl (C=O) groups is 2. The monoisotopic (exact) mass is 316 g/mol. The van der Waals surface area contributed by atoms with E-state index in [1.807, 2.05) is 13.8 Å². The van der Waals surface area contributed by atoms with E-state index < -0.39 is 5.97 Å². The summed E-state index contributed by atoms with van der Waals surface area (Å²) in [6, 6.07) is 8.65. The molecule has 23 heavy (non-hydrogen) atoms. The molecule has 0 aliphatic heterocycles. The van der Waals surface area contributed by atoms with Gasteiger partial charge in [0.05, 0.1) is 6.42 Å². The molecular weight excluding hydrogens is 296 g/mol. The zero-order chi connectivity index (χ0) is 17.0. The molecule has 0 aliphatic rings. The van der Waals surface area contributed by atoms with Crippen molar-refractivity contribution in [3.8, 4) is 0 Å². The summed E-state index contributed by atoms with van der Waals surface area (Å²) in [5.74, 6) is -1.12. The highest BCUT2D eigenvalue weighted by Crippen LogP contribution is 2.12. The van der Waals surface area contributed by atoms with E-state index in [1.165, 1.54) is 4.90 Å². The lowest BCUT2D eigenvalue weighted by molar-refractivity contribution is -0.137. The Balaban J connectivity index is 2.35. The fourth-order valence-corrected chi connectivity index (χ4v) is 2.44. The van der Waals surface area contributed by atoms with Gasteiger partial charge in [-0.05, 0) is 23.4 Å². The predicted octanol–water partition coefficient (Wildman–Crippen LogP) is 2.10. The van der Waals surface area contributed by atoms with Crippen molar-refractivity contribution in [2.45, 2.75) is 20.3 Å². The zero-order valence-corrected chi connectivity index (χ0v) is 13.2. The quantitative estimate of drug-likeness (QED) is 0.854. The molecule has 2 N–H and O–H groups in total. The Morgan fingerprint density at radius 3 is 2.61 bits per heavy atom. The van der Waals surface area contributed by atoms with Gasteiger partial charge in [0.25, 0.3) is 11.5 Å². The first kappa shape index (κ1) is 16.7. The molecule has 0 spiro atoms. The lowest BCUT2D eigenvalue weighted by Gasteiger charge is -2.24. The molecule has 0 bridgehead atoms. The van der Waals surface area contributed by atoms with Crippen LogP contribution < -0.4 is 5.56 Å². The van der Waals surface area contributed by atoms with Crippen molar-refractivity contribution in [1.29, 1.82) is 0 Å². The number of nitrogens with zero attached hydrogens (tertiary/aromatic N) is 1. The number of hydrogen-bond acceptors (Lipinski definition) is 3. The Hall–Kier alpha value is -2.63. The largest absolute Gasteiger partial charge is 0.481 e. The van der Waals surface area contributed by atoms with Crippen LogP contribution in [-0.4, -0.2) is 40.0 Å². The SMILES string of the molecule is CC(C)CN(CCC(=O)O)C(=O)c1cc2ccccc2c(=O)[nH]1. The number of benzene rings is 1. The van der Waals surface area contributed by atoms with Crippen molar-refractivity contribution in [2.75, 3.05) is 13.1 Å². The van der Waals surface area contributed by atoms with Crippen LogP contribution in [-0.2, 0) is 4.79 Å². The maximum atomic E-state index is 12.7. The van der Waals surface area contributed by atoms with E-state index >= 15 is 0 Å². The third kappa shape index (κ3) is 4.18. The van der Waals surface area contributed by atoms with Gasteiger partial charge in [0.15, 0.2) is 0 Å². The van der Waals surface area contributed by atoms with Crippen LogP contribution in [0.3, 0.4) is 0 Å². The third-order valence-corrected chi connectivity index (χ3v) is 3.45. The van der Waals surface area contributed by atoms with Gasteiger partial charge in [0.2, 0.25) is 0 Å². The van der Waals surface area contributed by atoms with Crippen LogP contribution in [0.15, 0.2) is 35.1 Å². The Morgan fingerprint density at radius 1 is 1.26 bits per heavy atom. The Morgan fingerprint density at radius 2 is 1.96 bits per heavy atom. The first-order chi connectivity index (χ1) is 10.9. The number of amides is 1.